The lowest BCUT2D eigenvalue weighted by Gasteiger charge is -2.69. The highest BCUT2D eigenvalue weighted by Crippen LogP contribution is 2.75. The third-order valence-electron chi connectivity index (χ3n) is 12.6. The molecule has 5 aliphatic rings. The highest BCUT2D eigenvalue weighted by molar-refractivity contribution is 5.85. The average Bonchev–Trinajstić information content (AvgIpc) is 3.15. The maximum Gasteiger partial charge on any atom is 0.138 e. The molecule has 2 heteroatoms. The van der Waals surface area contributed by atoms with Crippen LogP contribution < -0.4 is 0 Å². The predicted octanol–water partition coefficient (Wildman–Crippen LogP) is 7.75. The zero-order valence-electron chi connectivity index (χ0n) is 22.0. The maximum atomic E-state index is 12.9. The summed E-state index contributed by atoms with van der Waals surface area (Å²) in [6, 6.07) is 0. The highest BCUT2D eigenvalue weighted by Gasteiger charge is 2.68. The second-order valence-electron chi connectivity index (χ2n) is 14.4. The van der Waals surface area contributed by atoms with Crippen molar-refractivity contribution >= 4 is 5.78 Å². The monoisotopic (exact) mass is 440 g/mol. The Bertz CT molecular complexity index is 823. The molecule has 5 fully saturated rings. The van der Waals surface area contributed by atoms with Crippen LogP contribution in [0, 0.1) is 45.3 Å². The lowest BCUT2D eigenvalue weighted by molar-refractivity contribution is -0.201. The first-order valence-electron chi connectivity index (χ1n) is 13.7. The van der Waals surface area contributed by atoms with E-state index < -0.39 is 0 Å². The van der Waals surface area contributed by atoms with Gasteiger partial charge in [-0.1, -0.05) is 46.8 Å². The molecule has 0 amide bonds. The summed E-state index contributed by atoms with van der Waals surface area (Å²) < 4.78 is 5.85. The van der Waals surface area contributed by atoms with Crippen LogP contribution in [0.4, 0.5) is 0 Å². The number of fused-ring (bicyclic) bond motifs is 5. The predicted molar refractivity (Wildman–Crippen MR) is 131 cm³/mol. The van der Waals surface area contributed by atoms with E-state index in [9.17, 15) is 4.79 Å². The molecule has 4 saturated carbocycles. The molecule has 5 rings (SSSR count). The molecule has 0 aromatic carbocycles. The fourth-order valence-electron chi connectivity index (χ4n) is 10.3. The molecule has 0 radical (unpaired) electrons. The molecule has 1 heterocycles. The Hall–Kier alpha value is -0.630. The van der Waals surface area contributed by atoms with Crippen LogP contribution in [0.2, 0.25) is 0 Å². The van der Waals surface area contributed by atoms with Gasteiger partial charge in [0, 0.05) is 11.8 Å². The molecule has 0 unspecified atom stereocenters. The Morgan fingerprint density at radius 3 is 2.22 bits per heavy atom. The molecular weight excluding hydrogens is 392 g/mol. The van der Waals surface area contributed by atoms with Gasteiger partial charge in [0.25, 0.3) is 0 Å². The van der Waals surface area contributed by atoms with Crippen LogP contribution in [-0.2, 0) is 9.53 Å². The first-order valence-corrected chi connectivity index (χ1v) is 13.7. The van der Waals surface area contributed by atoms with Crippen molar-refractivity contribution in [1.82, 2.24) is 0 Å². The van der Waals surface area contributed by atoms with Gasteiger partial charge in [-0.05, 0) is 112 Å². The number of carbonyl (C=O) groups excluding carboxylic acids is 1. The van der Waals surface area contributed by atoms with Gasteiger partial charge in [0.15, 0.2) is 0 Å². The van der Waals surface area contributed by atoms with Crippen molar-refractivity contribution in [3.63, 3.8) is 0 Å². The second-order valence-corrected chi connectivity index (χ2v) is 14.4. The van der Waals surface area contributed by atoms with Crippen LogP contribution in [0.5, 0.6) is 0 Å². The Morgan fingerprint density at radius 2 is 1.56 bits per heavy atom. The minimum Gasteiger partial charge on any atom is -0.367 e. The van der Waals surface area contributed by atoms with Gasteiger partial charge in [-0.25, -0.2) is 0 Å². The van der Waals surface area contributed by atoms with Crippen LogP contribution in [0.3, 0.4) is 0 Å². The zero-order valence-corrected chi connectivity index (χ0v) is 22.0. The Morgan fingerprint density at radius 1 is 0.906 bits per heavy atom. The minimum atomic E-state index is -0.142. The lowest BCUT2D eigenvalue weighted by Crippen LogP contribution is -2.63. The van der Waals surface area contributed by atoms with Gasteiger partial charge in [-0.2, -0.15) is 0 Å². The maximum absolute atomic E-state index is 12.9. The number of Topliss-reactive ketones (excluding diaryl/α,β-unsaturated/α-hetero) is 1. The summed E-state index contributed by atoms with van der Waals surface area (Å²) in [5.74, 6) is 3.33. The second kappa shape index (κ2) is 6.96. The number of hydrogen-bond acceptors (Lipinski definition) is 2. The molecule has 180 valence electrons. The highest BCUT2D eigenvalue weighted by atomic mass is 16.6. The van der Waals surface area contributed by atoms with Crippen molar-refractivity contribution in [1.29, 1.82) is 0 Å². The normalized spacial score (nSPS) is 50.8. The topological polar surface area (TPSA) is 29.6 Å². The first-order chi connectivity index (χ1) is 14.8. The summed E-state index contributed by atoms with van der Waals surface area (Å²) >= 11 is 0. The van der Waals surface area contributed by atoms with Gasteiger partial charge in [-0.3, -0.25) is 4.79 Å². The standard InChI is InChI=1S/C30H48O2/c1-19(9-12-25-27(4,5)32-25)20-13-17-29(7)21(20)10-11-23-28(6)16-15-24(31)26(2,3)22(28)14-18-30(23,29)8/h20-23,25H,1,9-18H2,2-8H3/t20-,21-,22+,23-,25+,28+,29-,30-/m1/s1. The molecule has 1 saturated heterocycles. The molecule has 32 heavy (non-hydrogen) atoms. The van der Waals surface area contributed by atoms with E-state index in [-0.39, 0.29) is 11.0 Å². The first kappa shape index (κ1) is 23.1. The summed E-state index contributed by atoms with van der Waals surface area (Å²) in [6.45, 7) is 21.5. The summed E-state index contributed by atoms with van der Waals surface area (Å²) in [7, 11) is 0. The molecule has 8 atom stereocenters. The van der Waals surface area contributed by atoms with Crippen LogP contribution >= 0.6 is 0 Å². The van der Waals surface area contributed by atoms with E-state index in [0.717, 1.165) is 37.5 Å². The van der Waals surface area contributed by atoms with Gasteiger partial charge in [-0.15, -0.1) is 0 Å². The van der Waals surface area contributed by atoms with Crippen molar-refractivity contribution in [2.24, 2.45) is 45.3 Å². The van der Waals surface area contributed by atoms with Gasteiger partial charge >= 0.3 is 0 Å². The van der Waals surface area contributed by atoms with E-state index in [1.165, 1.54) is 44.1 Å². The fourth-order valence-corrected chi connectivity index (χ4v) is 10.3. The number of allylic oxidation sites excluding steroid dienone is 1. The third kappa shape index (κ3) is 2.96. The van der Waals surface area contributed by atoms with Gasteiger partial charge in [0.1, 0.15) is 5.78 Å². The molecular formula is C30H48O2. The van der Waals surface area contributed by atoms with Crippen LogP contribution in [-0.4, -0.2) is 17.5 Å². The van der Waals surface area contributed by atoms with E-state index in [1.807, 2.05) is 0 Å². The van der Waals surface area contributed by atoms with Crippen LogP contribution in [0.15, 0.2) is 12.2 Å². The molecule has 0 aromatic heterocycles. The Kier molecular flexibility index (Phi) is 5.03. The average molecular weight is 441 g/mol. The lowest BCUT2D eigenvalue weighted by atomic mass is 9.35. The van der Waals surface area contributed by atoms with Gasteiger partial charge in [0.2, 0.25) is 0 Å². The molecule has 1 aliphatic heterocycles. The van der Waals surface area contributed by atoms with Crippen LogP contribution in [0.25, 0.3) is 0 Å². The SMILES string of the molecule is C=C(CC[C@@H]1OC1(C)C)[C@H]1CC[C@]2(C)[C@@H]1CC[C@@H]1[C@@]3(C)CCC(=O)C(C)(C)[C@@H]3CC[C@]12C. The Balaban J connectivity index is 1.37. The third-order valence-corrected chi connectivity index (χ3v) is 12.6. The summed E-state index contributed by atoms with van der Waals surface area (Å²) in [5, 5.41) is 0. The summed E-state index contributed by atoms with van der Waals surface area (Å²) in [6.07, 6.45) is 12.6. The van der Waals surface area contributed by atoms with Gasteiger partial charge in [0.05, 0.1) is 11.7 Å². The van der Waals surface area contributed by atoms with E-state index in [2.05, 4.69) is 55.0 Å². The van der Waals surface area contributed by atoms with E-state index in [4.69, 9.17) is 4.74 Å². The molecule has 4 aliphatic carbocycles. The molecule has 0 aromatic rings. The molecule has 0 N–H and O–H groups in total. The number of rotatable bonds is 4. The largest absolute Gasteiger partial charge is 0.367 e. The summed E-state index contributed by atoms with van der Waals surface area (Å²) in [5.41, 5.74) is 2.60. The fraction of sp³-hybridized carbons (Fsp3) is 0.900. The quantitative estimate of drug-likeness (QED) is 0.330. The van der Waals surface area contributed by atoms with E-state index in [0.29, 0.717) is 40.0 Å². The minimum absolute atomic E-state index is 0.0965. The zero-order chi connectivity index (χ0) is 23.3. The van der Waals surface area contributed by atoms with Crippen molar-refractivity contribution in [2.45, 2.75) is 124 Å². The Labute approximate surface area is 197 Å². The van der Waals surface area contributed by atoms with Gasteiger partial charge < -0.3 is 4.74 Å². The molecule has 0 bridgehead atoms. The smallest absolute Gasteiger partial charge is 0.138 e. The number of hydrogen-bond donors (Lipinski definition) is 0. The molecule has 2 nitrogen and oxygen atoms in total. The number of ether oxygens (including phenoxy) is 1. The van der Waals surface area contributed by atoms with Crippen molar-refractivity contribution < 1.29 is 9.53 Å². The number of ketones is 1. The summed E-state index contributed by atoms with van der Waals surface area (Å²) in [4.78, 5) is 12.9. The van der Waals surface area contributed by atoms with Crippen molar-refractivity contribution in [3.05, 3.63) is 12.2 Å². The number of carbonyl (C=O) groups is 1. The molecule has 0 spiro atoms. The van der Waals surface area contributed by atoms with Crippen LogP contribution in [0.1, 0.15) is 113 Å². The van der Waals surface area contributed by atoms with Crippen molar-refractivity contribution in [3.8, 4) is 0 Å². The van der Waals surface area contributed by atoms with E-state index in [1.54, 1.807) is 0 Å². The van der Waals surface area contributed by atoms with E-state index >= 15 is 0 Å². The number of epoxide rings is 1. The van der Waals surface area contributed by atoms with Crippen molar-refractivity contribution in [2.75, 3.05) is 0 Å².